The van der Waals surface area contributed by atoms with Gasteiger partial charge in [-0.05, 0) is 39.1 Å². The molecule has 0 unspecified atom stereocenters. The molecule has 0 bridgehead atoms. The van der Waals surface area contributed by atoms with Gasteiger partial charge in [-0.2, -0.15) is 0 Å². The van der Waals surface area contributed by atoms with Gasteiger partial charge in [0, 0.05) is 23.9 Å². The molecule has 3 rings (SSSR count). The second-order valence-corrected chi connectivity index (χ2v) is 6.97. The number of primary amides is 1. The highest BCUT2D eigenvalue weighted by Crippen LogP contribution is 2.42. The summed E-state index contributed by atoms with van der Waals surface area (Å²) in [5.74, 6) is -0.271. The van der Waals surface area contributed by atoms with Crippen molar-refractivity contribution >= 4 is 17.3 Å². The van der Waals surface area contributed by atoms with Crippen LogP contribution in [0.4, 0.5) is 11.4 Å². The van der Waals surface area contributed by atoms with E-state index < -0.39 is 16.5 Å². The van der Waals surface area contributed by atoms with Gasteiger partial charge in [-0.3, -0.25) is 14.9 Å². The van der Waals surface area contributed by atoms with Gasteiger partial charge in [0.1, 0.15) is 23.6 Å². The van der Waals surface area contributed by atoms with E-state index >= 15 is 0 Å². The van der Waals surface area contributed by atoms with Crippen LogP contribution in [0, 0.1) is 10.1 Å². The van der Waals surface area contributed by atoms with Crippen molar-refractivity contribution in [3.63, 3.8) is 0 Å². The molecule has 29 heavy (non-hydrogen) atoms. The molecular weight excluding hydrogens is 378 g/mol. The Balaban J connectivity index is 2.15. The lowest BCUT2D eigenvalue weighted by Crippen LogP contribution is -2.22. The van der Waals surface area contributed by atoms with E-state index in [1.54, 1.807) is 6.07 Å². The van der Waals surface area contributed by atoms with E-state index in [0.29, 0.717) is 24.6 Å². The Hall–Kier alpha value is -3.40. The standard InChI is InChI=1S/C19H23N5O5/c1-23(2)5-7-28-14-9-13(17(24(26)27)16(20)15(14)18(21)25)12-8-11-4-3-6-29-19(11)22-10-12/h8-10H,3-7,20H2,1-2H3,(H2,21,25). The van der Waals surface area contributed by atoms with E-state index in [1.165, 1.54) is 12.3 Å². The molecule has 0 aliphatic carbocycles. The number of aromatic nitrogens is 1. The topological polar surface area (TPSA) is 147 Å². The smallest absolute Gasteiger partial charge is 0.301 e. The number of hydrogen-bond donors (Lipinski definition) is 2. The second-order valence-electron chi connectivity index (χ2n) is 6.97. The molecule has 154 valence electrons. The zero-order valence-electron chi connectivity index (χ0n) is 16.3. The first-order valence-electron chi connectivity index (χ1n) is 9.10. The minimum absolute atomic E-state index is 0.103. The van der Waals surface area contributed by atoms with Gasteiger partial charge in [-0.15, -0.1) is 0 Å². The van der Waals surface area contributed by atoms with Crippen LogP contribution in [0.2, 0.25) is 0 Å². The first-order valence-corrected chi connectivity index (χ1v) is 9.10. The molecule has 10 nitrogen and oxygen atoms in total. The Bertz CT molecular complexity index is 960. The van der Waals surface area contributed by atoms with Crippen LogP contribution >= 0.6 is 0 Å². The summed E-state index contributed by atoms with van der Waals surface area (Å²) < 4.78 is 11.2. The van der Waals surface area contributed by atoms with Gasteiger partial charge in [0.05, 0.1) is 17.1 Å². The maximum atomic E-state index is 12.0. The van der Waals surface area contributed by atoms with Crippen molar-refractivity contribution in [2.75, 3.05) is 39.6 Å². The summed E-state index contributed by atoms with van der Waals surface area (Å²) in [7, 11) is 3.74. The zero-order chi connectivity index (χ0) is 21.1. The molecule has 0 fully saturated rings. The number of anilines is 1. The van der Waals surface area contributed by atoms with Crippen LogP contribution < -0.4 is 20.9 Å². The highest BCUT2D eigenvalue weighted by Gasteiger charge is 2.29. The first-order chi connectivity index (χ1) is 13.8. The summed E-state index contributed by atoms with van der Waals surface area (Å²) in [6, 6.07) is 3.22. The van der Waals surface area contributed by atoms with Gasteiger partial charge in [-0.1, -0.05) is 0 Å². The van der Waals surface area contributed by atoms with Crippen LogP contribution in [-0.2, 0) is 6.42 Å². The molecule has 0 spiro atoms. The fourth-order valence-corrected chi connectivity index (χ4v) is 3.18. The predicted octanol–water partition coefficient (Wildman–Crippen LogP) is 1.60. The number of fused-ring (bicyclic) bond motifs is 1. The average molecular weight is 401 g/mol. The van der Waals surface area contributed by atoms with Gasteiger partial charge in [0.2, 0.25) is 5.88 Å². The Morgan fingerprint density at radius 3 is 2.83 bits per heavy atom. The zero-order valence-corrected chi connectivity index (χ0v) is 16.3. The molecule has 0 saturated carbocycles. The highest BCUT2D eigenvalue weighted by molar-refractivity contribution is 6.05. The minimum Gasteiger partial charge on any atom is -0.491 e. The van der Waals surface area contributed by atoms with Crippen molar-refractivity contribution in [2.24, 2.45) is 5.73 Å². The quantitative estimate of drug-likeness (QED) is 0.404. The molecule has 2 heterocycles. The number of benzene rings is 1. The van der Waals surface area contributed by atoms with Crippen molar-refractivity contribution in [1.82, 2.24) is 9.88 Å². The summed E-state index contributed by atoms with van der Waals surface area (Å²) >= 11 is 0. The van der Waals surface area contributed by atoms with Crippen LogP contribution in [0.25, 0.3) is 11.1 Å². The lowest BCUT2D eigenvalue weighted by atomic mass is 9.97. The number of rotatable bonds is 7. The van der Waals surface area contributed by atoms with Crippen LogP contribution in [0.1, 0.15) is 22.3 Å². The first kappa shape index (κ1) is 20.3. The molecule has 0 radical (unpaired) electrons. The number of hydrogen-bond acceptors (Lipinski definition) is 8. The molecule has 1 aromatic carbocycles. The van der Waals surface area contributed by atoms with E-state index in [9.17, 15) is 14.9 Å². The third kappa shape index (κ3) is 4.21. The summed E-state index contributed by atoms with van der Waals surface area (Å²) in [6.07, 6.45) is 3.08. The lowest BCUT2D eigenvalue weighted by Gasteiger charge is -2.18. The molecule has 10 heteroatoms. The number of nitrogens with two attached hydrogens (primary N) is 2. The van der Waals surface area contributed by atoms with Gasteiger partial charge in [0.15, 0.2) is 0 Å². The summed E-state index contributed by atoms with van der Waals surface area (Å²) in [4.78, 5) is 29.3. The van der Waals surface area contributed by atoms with Gasteiger partial charge in [0.25, 0.3) is 5.91 Å². The van der Waals surface area contributed by atoms with Crippen LogP contribution in [-0.4, -0.2) is 54.6 Å². The lowest BCUT2D eigenvalue weighted by molar-refractivity contribution is -0.383. The minimum atomic E-state index is -0.894. The number of amides is 1. The maximum Gasteiger partial charge on any atom is 0.301 e. The van der Waals surface area contributed by atoms with Gasteiger partial charge >= 0.3 is 5.69 Å². The van der Waals surface area contributed by atoms with Gasteiger partial charge in [-0.25, -0.2) is 4.98 Å². The van der Waals surface area contributed by atoms with Crippen molar-refractivity contribution < 1.29 is 19.2 Å². The Morgan fingerprint density at radius 1 is 1.41 bits per heavy atom. The van der Waals surface area contributed by atoms with Crippen LogP contribution in [0.3, 0.4) is 0 Å². The number of ether oxygens (including phenoxy) is 2. The number of nitrogen functional groups attached to an aromatic ring is 1. The van der Waals surface area contributed by atoms with Gasteiger partial charge < -0.3 is 25.8 Å². The number of pyridine rings is 1. The molecule has 0 atom stereocenters. The van der Waals surface area contributed by atoms with Crippen molar-refractivity contribution in [2.45, 2.75) is 12.8 Å². The highest BCUT2D eigenvalue weighted by atomic mass is 16.6. The summed E-state index contributed by atoms with van der Waals surface area (Å²) in [5, 5.41) is 11.8. The molecule has 1 aliphatic rings. The van der Waals surface area contributed by atoms with Crippen LogP contribution in [0.15, 0.2) is 18.3 Å². The number of aryl methyl sites for hydroxylation is 1. The average Bonchev–Trinajstić information content (AvgIpc) is 2.66. The summed E-state index contributed by atoms with van der Waals surface area (Å²) in [5.41, 5.74) is 12.1. The fraction of sp³-hybridized carbons (Fsp3) is 0.368. The number of nitro groups is 1. The normalized spacial score (nSPS) is 12.9. The SMILES string of the molecule is CN(C)CCOc1cc(-c2cnc3c(c2)CCCO3)c([N+](=O)[O-])c(N)c1C(N)=O. The largest absolute Gasteiger partial charge is 0.491 e. The monoisotopic (exact) mass is 401 g/mol. The molecule has 1 amide bonds. The Kier molecular flexibility index (Phi) is 5.83. The van der Waals surface area contributed by atoms with E-state index in [2.05, 4.69) is 4.98 Å². The number of nitro benzene ring substituents is 1. The van der Waals surface area contributed by atoms with Crippen LogP contribution in [0.5, 0.6) is 11.6 Å². The second kappa shape index (κ2) is 8.31. The van der Waals surface area contributed by atoms with Crippen molar-refractivity contribution in [3.8, 4) is 22.8 Å². The predicted molar refractivity (Wildman–Crippen MR) is 107 cm³/mol. The van der Waals surface area contributed by atoms with Crippen molar-refractivity contribution in [1.29, 1.82) is 0 Å². The molecule has 2 aromatic rings. The molecular formula is C19H23N5O5. The number of carbonyl (C=O) groups is 1. The van der Waals surface area contributed by atoms with E-state index in [1.807, 2.05) is 19.0 Å². The number of carbonyl (C=O) groups excluding carboxylic acids is 1. The molecule has 0 saturated heterocycles. The van der Waals surface area contributed by atoms with E-state index in [-0.39, 0.29) is 29.2 Å². The Morgan fingerprint density at radius 2 is 2.17 bits per heavy atom. The van der Waals surface area contributed by atoms with E-state index in [4.69, 9.17) is 20.9 Å². The third-order valence-corrected chi connectivity index (χ3v) is 4.59. The number of likely N-dealkylation sites (N-methyl/N-ethyl adjacent to an activating group) is 1. The van der Waals surface area contributed by atoms with E-state index in [0.717, 1.165) is 18.4 Å². The molecule has 1 aromatic heterocycles. The van der Waals surface area contributed by atoms with Crippen molar-refractivity contribution in [3.05, 3.63) is 39.6 Å². The Labute approximate surface area is 167 Å². The summed E-state index contributed by atoms with van der Waals surface area (Å²) in [6.45, 7) is 1.41. The third-order valence-electron chi connectivity index (χ3n) is 4.59. The molecule has 4 N–H and O–H groups in total. The molecule has 1 aliphatic heterocycles. The number of nitrogens with zero attached hydrogens (tertiary/aromatic N) is 3. The maximum absolute atomic E-state index is 12.0. The fourth-order valence-electron chi connectivity index (χ4n) is 3.18.